The maximum Gasteiger partial charge on any atom is 0.233 e. The zero-order chi connectivity index (χ0) is 19.1. The molecule has 0 fully saturated rings. The van der Waals surface area contributed by atoms with Gasteiger partial charge in [-0.25, -0.2) is 0 Å². The van der Waals surface area contributed by atoms with Gasteiger partial charge in [-0.1, -0.05) is 25.6 Å². The summed E-state index contributed by atoms with van der Waals surface area (Å²) < 4.78 is 6.80. The van der Waals surface area contributed by atoms with E-state index in [1.54, 1.807) is 11.8 Å². The summed E-state index contributed by atoms with van der Waals surface area (Å²) in [6.07, 6.45) is 1.87. The highest BCUT2D eigenvalue weighted by Gasteiger charge is 2.24. The van der Waals surface area contributed by atoms with Crippen LogP contribution < -0.4 is 4.74 Å². The number of hydrogen-bond donors (Lipinski definition) is 0. The molecule has 2 aromatic rings. The van der Waals surface area contributed by atoms with Crippen LogP contribution in [0, 0.1) is 0 Å². The number of aromatic nitrogens is 4. The van der Waals surface area contributed by atoms with Gasteiger partial charge < -0.3 is 9.64 Å². The van der Waals surface area contributed by atoms with Crippen molar-refractivity contribution >= 4 is 17.7 Å². The van der Waals surface area contributed by atoms with Crippen molar-refractivity contribution in [2.24, 2.45) is 0 Å². The highest BCUT2D eigenvalue weighted by atomic mass is 32.2. The fourth-order valence-corrected chi connectivity index (χ4v) is 3.43. The molecular weight excluding hydrogens is 350 g/mol. The van der Waals surface area contributed by atoms with Crippen molar-refractivity contribution in [2.45, 2.75) is 57.8 Å². The molecule has 8 heteroatoms. The molecule has 0 saturated carbocycles. The van der Waals surface area contributed by atoms with Gasteiger partial charge in [0.25, 0.3) is 0 Å². The minimum atomic E-state index is 0.114. The largest absolute Gasteiger partial charge is 0.497 e. The Hall–Kier alpha value is -2.09. The molecule has 0 spiro atoms. The van der Waals surface area contributed by atoms with Gasteiger partial charge in [-0.3, -0.25) is 4.79 Å². The van der Waals surface area contributed by atoms with Crippen molar-refractivity contribution in [1.82, 2.24) is 25.1 Å². The zero-order valence-corrected chi connectivity index (χ0v) is 16.9. The Morgan fingerprint density at radius 1 is 1.19 bits per heavy atom. The van der Waals surface area contributed by atoms with Crippen molar-refractivity contribution in [1.29, 1.82) is 0 Å². The van der Waals surface area contributed by atoms with E-state index in [1.165, 1.54) is 11.8 Å². The van der Waals surface area contributed by atoms with Crippen LogP contribution in [0.25, 0.3) is 5.69 Å². The van der Waals surface area contributed by atoms with Crippen LogP contribution in [0.2, 0.25) is 0 Å². The molecule has 2 rings (SSSR count). The highest BCUT2D eigenvalue weighted by Crippen LogP contribution is 2.22. The summed E-state index contributed by atoms with van der Waals surface area (Å²) in [6, 6.07) is 7.90. The van der Waals surface area contributed by atoms with Crippen LogP contribution in [-0.4, -0.2) is 56.0 Å². The average Bonchev–Trinajstić information content (AvgIpc) is 3.14. The molecule has 0 saturated heterocycles. The molecule has 0 unspecified atom stereocenters. The highest BCUT2D eigenvalue weighted by molar-refractivity contribution is 7.99. The lowest BCUT2D eigenvalue weighted by Gasteiger charge is -2.34. The molecular formula is C18H27N5O2S. The number of methoxy groups -OCH3 is 1. The van der Waals surface area contributed by atoms with Crippen LogP contribution in [0.4, 0.5) is 0 Å². The number of carbonyl (C=O) groups is 1. The van der Waals surface area contributed by atoms with E-state index in [9.17, 15) is 4.79 Å². The lowest BCUT2D eigenvalue weighted by atomic mass is 10.1. The lowest BCUT2D eigenvalue weighted by molar-refractivity contribution is -0.132. The minimum Gasteiger partial charge on any atom is -0.497 e. The Kier molecular flexibility index (Phi) is 7.44. The van der Waals surface area contributed by atoms with Crippen molar-refractivity contribution in [3.05, 3.63) is 24.3 Å². The molecule has 142 valence electrons. The number of hydrogen-bond acceptors (Lipinski definition) is 6. The Labute approximate surface area is 159 Å². The SMILES string of the molecule is CC[C@@H](C)N(C(=O)CSc1nnnn1-c1ccc(OC)cc1)[C@H](C)CC. The van der Waals surface area contributed by atoms with Crippen LogP contribution >= 0.6 is 11.8 Å². The van der Waals surface area contributed by atoms with Crippen LogP contribution in [0.1, 0.15) is 40.5 Å². The van der Waals surface area contributed by atoms with Gasteiger partial charge in [0.2, 0.25) is 11.1 Å². The number of benzene rings is 1. The summed E-state index contributed by atoms with van der Waals surface area (Å²) in [6.45, 7) is 8.39. The topological polar surface area (TPSA) is 73.1 Å². The molecule has 0 aliphatic heterocycles. The summed E-state index contributed by atoms with van der Waals surface area (Å²) in [5, 5.41) is 12.4. The third-order valence-electron chi connectivity index (χ3n) is 4.50. The Balaban J connectivity index is 2.09. The first-order valence-electron chi connectivity index (χ1n) is 8.88. The van der Waals surface area contributed by atoms with E-state index in [-0.39, 0.29) is 18.0 Å². The third kappa shape index (κ3) is 4.75. The molecule has 1 aromatic carbocycles. The van der Waals surface area contributed by atoms with Crippen LogP contribution in [-0.2, 0) is 4.79 Å². The number of nitrogens with zero attached hydrogens (tertiary/aromatic N) is 5. The second-order valence-electron chi connectivity index (χ2n) is 6.18. The predicted molar refractivity (Wildman–Crippen MR) is 103 cm³/mol. The maximum atomic E-state index is 12.8. The van der Waals surface area contributed by atoms with Gasteiger partial charge in [-0.05, 0) is 61.4 Å². The summed E-state index contributed by atoms with van der Waals surface area (Å²) >= 11 is 1.36. The van der Waals surface area contributed by atoms with E-state index in [4.69, 9.17) is 4.74 Å². The van der Waals surface area contributed by atoms with Gasteiger partial charge in [0.1, 0.15) is 5.75 Å². The van der Waals surface area contributed by atoms with Crippen molar-refractivity contribution < 1.29 is 9.53 Å². The third-order valence-corrected chi connectivity index (χ3v) is 5.41. The van der Waals surface area contributed by atoms with E-state index in [0.717, 1.165) is 24.3 Å². The quantitative estimate of drug-likeness (QED) is 0.625. The number of thioether (sulfide) groups is 1. The molecule has 0 bridgehead atoms. The van der Waals surface area contributed by atoms with Crippen LogP contribution in [0.3, 0.4) is 0 Å². The fourth-order valence-electron chi connectivity index (χ4n) is 2.67. The zero-order valence-electron chi connectivity index (χ0n) is 16.0. The molecule has 1 amide bonds. The summed E-state index contributed by atoms with van der Waals surface area (Å²) in [7, 11) is 1.62. The van der Waals surface area contributed by atoms with E-state index >= 15 is 0 Å². The second-order valence-corrected chi connectivity index (χ2v) is 7.12. The Morgan fingerprint density at radius 2 is 1.81 bits per heavy atom. The van der Waals surface area contributed by atoms with Gasteiger partial charge in [0.05, 0.1) is 18.6 Å². The van der Waals surface area contributed by atoms with Crippen molar-refractivity contribution in [3.8, 4) is 11.4 Å². The lowest BCUT2D eigenvalue weighted by Crippen LogP contribution is -2.45. The summed E-state index contributed by atoms with van der Waals surface area (Å²) in [4.78, 5) is 14.8. The normalized spacial score (nSPS) is 13.3. The monoisotopic (exact) mass is 377 g/mol. The minimum absolute atomic E-state index is 0.114. The maximum absolute atomic E-state index is 12.8. The second kappa shape index (κ2) is 9.56. The molecule has 1 heterocycles. The van der Waals surface area contributed by atoms with Gasteiger partial charge in [-0.15, -0.1) is 5.10 Å². The number of amides is 1. The van der Waals surface area contributed by atoms with Crippen molar-refractivity contribution in [3.63, 3.8) is 0 Å². The van der Waals surface area contributed by atoms with E-state index in [2.05, 4.69) is 43.2 Å². The Morgan fingerprint density at radius 3 is 2.35 bits per heavy atom. The molecule has 0 N–H and O–H groups in total. The van der Waals surface area contributed by atoms with Crippen molar-refractivity contribution in [2.75, 3.05) is 12.9 Å². The van der Waals surface area contributed by atoms with E-state index in [1.807, 2.05) is 29.2 Å². The standard InChI is InChI=1S/C18H27N5O2S/c1-6-13(3)22(14(4)7-2)17(24)12-26-18-19-20-21-23(18)15-8-10-16(25-5)11-9-15/h8-11,13-14H,6-7,12H2,1-5H3/t13-,14-/m1/s1. The summed E-state index contributed by atoms with van der Waals surface area (Å²) in [5.41, 5.74) is 0.825. The predicted octanol–water partition coefficient (Wildman–Crippen LogP) is 3.19. The summed E-state index contributed by atoms with van der Waals surface area (Å²) in [5.74, 6) is 1.19. The van der Waals surface area contributed by atoms with E-state index < -0.39 is 0 Å². The molecule has 7 nitrogen and oxygen atoms in total. The van der Waals surface area contributed by atoms with Crippen LogP contribution in [0.5, 0.6) is 5.75 Å². The molecule has 2 atom stereocenters. The number of rotatable bonds is 9. The fraction of sp³-hybridized carbons (Fsp3) is 0.556. The first-order valence-corrected chi connectivity index (χ1v) is 9.87. The van der Waals surface area contributed by atoms with Crippen LogP contribution in [0.15, 0.2) is 29.4 Å². The number of carbonyl (C=O) groups excluding carboxylic acids is 1. The van der Waals surface area contributed by atoms with Gasteiger partial charge in [0.15, 0.2) is 0 Å². The van der Waals surface area contributed by atoms with Gasteiger partial charge >= 0.3 is 0 Å². The first kappa shape index (κ1) is 20.2. The Bertz CT molecular complexity index is 694. The number of ether oxygens (including phenoxy) is 1. The molecule has 0 aliphatic rings. The molecule has 1 aromatic heterocycles. The molecule has 26 heavy (non-hydrogen) atoms. The van der Waals surface area contributed by atoms with E-state index in [0.29, 0.717) is 10.9 Å². The molecule has 0 radical (unpaired) electrons. The van der Waals surface area contributed by atoms with Gasteiger partial charge in [-0.2, -0.15) is 4.68 Å². The number of tetrazole rings is 1. The average molecular weight is 378 g/mol. The smallest absolute Gasteiger partial charge is 0.233 e. The molecule has 0 aliphatic carbocycles. The first-order chi connectivity index (χ1) is 12.5. The van der Waals surface area contributed by atoms with Gasteiger partial charge in [0, 0.05) is 12.1 Å².